The average molecular weight is 555 g/mol. The zero-order chi connectivity index (χ0) is 28.3. The minimum absolute atomic E-state index is 0.0302. The minimum Gasteiger partial charge on any atom is -0.494 e. The number of carbonyl (C=O) groups excluding carboxylic acids is 2. The van der Waals surface area contributed by atoms with Crippen molar-refractivity contribution in [1.29, 1.82) is 0 Å². The van der Waals surface area contributed by atoms with Crippen LogP contribution in [0.2, 0.25) is 0 Å². The number of hydrogen-bond acceptors (Lipinski definition) is 6. The van der Waals surface area contributed by atoms with E-state index in [9.17, 15) is 18.8 Å². The lowest BCUT2D eigenvalue weighted by Crippen LogP contribution is -2.41. The number of aromatic amines is 1. The van der Waals surface area contributed by atoms with Crippen LogP contribution in [0.5, 0.6) is 17.2 Å². The van der Waals surface area contributed by atoms with Crippen molar-refractivity contribution in [2.24, 2.45) is 0 Å². The van der Waals surface area contributed by atoms with Gasteiger partial charge in [-0.25, -0.2) is 9.37 Å². The van der Waals surface area contributed by atoms with E-state index in [4.69, 9.17) is 9.47 Å². The first-order valence-corrected chi connectivity index (χ1v) is 13.4. The molecule has 0 fully saturated rings. The maximum absolute atomic E-state index is 14.7. The molecule has 1 aromatic heterocycles. The van der Waals surface area contributed by atoms with E-state index in [0.29, 0.717) is 49.6 Å². The number of rotatable bonds is 1. The second-order valence-corrected chi connectivity index (χ2v) is 9.98. The van der Waals surface area contributed by atoms with Crippen molar-refractivity contribution in [2.45, 2.75) is 25.3 Å². The molecular weight excluding hydrogens is 527 g/mol. The Labute approximate surface area is 235 Å². The van der Waals surface area contributed by atoms with Crippen LogP contribution in [0.3, 0.4) is 0 Å². The number of ether oxygens (including phenoxy) is 2. The molecule has 3 aromatic carbocycles. The Morgan fingerprint density at radius 2 is 1.95 bits per heavy atom. The third-order valence-electron chi connectivity index (χ3n) is 7.17. The maximum atomic E-state index is 14.7. The predicted molar refractivity (Wildman–Crippen MR) is 148 cm³/mol. The van der Waals surface area contributed by atoms with E-state index in [-0.39, 0.29) is 29.7 Å². The van der Waals surface area contributed by atoms with E-state index >= 15 is 0 Å². The molecular formula is C31H27FN4O5. The molecule has 0 radical (unpaired) electrons. The van der Waals surface area contributed by atoms with Crippen LogP contribution >= 0.6 is 0 Å². The lowest BCUT2D eigenvalue weighted by Gasteiger charge is -2.38. The topological polar surface area (TPSA) is 114 Å². The van der Waals surface area contributed by atoms with E-state index in [1.165, 1.54) is 18.3 Å². The third kappa shape index (κ3) is 5.67. The highest BCUT2D eigenvalue weighted by molar-refractivity contribution is 5.92. The molecule has 0 saturated heterocycles. The van der Waals surface area contributed by atoms with Crippen LogP contribution in [0.4, 0.5) is 4.39 Å². The van der Waals surface area contributed by atoms with Crippen molar-refractivity contribution in [3.63, 3.8) is 0 Å². The van der Waals surface area contributed by atoms with Gasteiger partial charge in [-0.2, -0.15) is 0 Å². The number of halogens is 1. The Bertz CT molecular complexity index is 1670. The summed E-state index contributed by atoms with van der Waals surface area (Å²) in [5.74, 6) is 0.0819. The second kappa shape index (κ2) is 11.2. The van der Waals surface area contributed by atoms with Crippen molar-refractivity contribution in [3.8, 4) is 17.2 Å². The standard InChI is InChI=1S/C31H27FN4O5/c32-25-8-5-19-13-27(25)41-23-6-7-24-20(15-23)9-11-36(31(39)26-17-35-29(38)18-34-26)30(24)21-3-1-4-22(16-21)40-12-2-10-33-28(37)14-19/h1,3-8,13,15-18,30H,2,9-12,14H2,(H,33,37)(H,35,38). The molecule has 0 saturated carbocycles. The Morgan fingerprint density at radius 3 is 2.80 bits per heavy atom. The molecule has 3 aliphatic rings. The monoisotopic (exact) mass is 554 g/mol. The first kappa shape index (κ1) is 26.2. The van der Waals surface area contributed by atoms with Crippen LogP contribution in [0.1, 0.15) is 45.2 Å². The van der Waals surface area contributed by atoms with Crippen molar-refractivity contribution in [3.05, 3.63) is 117 Å². The molecule has 41 heavy (non-hydrogen) atoms. The SMILES string of the molecule is O=C1Cc2ccc(F)c(c2)Oc2ccc3c(c2)CCN(C(=O)c2c[nH]c(=O)cn2)C3c2cccc(c2)OCCCN1. The number of aromatic nitrogens is 2. The Kier molecular flexibility index (Phi) is 7.20. The molecule has 0 spiro atoms. The maximum Gasteiger partial charge on any atom is 0.274 e. The normalized spacial score (nSPS) is 16.9. The third-order valence-corrected chi connectivity index (χ3v) is 7.17. The molecule has 0 aliphatic carbocycles. The van der Waals surface area contributed by atoms with Crippen LogP contribution in [-0.2, 0) is 17.6 Å². The predicted octanol–water partition coefficient (Wildman–Crippen LogP) is 3.93. The molecule has 3 aliphatic heterocycles. The molecule has 208 valence electrons. The van der Waals surface area contributed by atoms with Gasteiger partial charge in [0.25, 0.3) is 11.5 Å². The summed E-state index contributed by atoms with van der Waals surface area (Å²) in [5, 5.41) is 2.87. The number of H-pyrrole nitrogens is 1. The van der Waals surface area contributed by atoms with Gasteiger partial charge in [-0.05, 0) is 71.5 Å². The summed E-state index contributed by atoms with van der Waals surface area (Å²) < 4.78 is 26.6. The summed E-state index contributed by atoms with van der Waals surface area (Å²) in [7, 11) is 0. The second-order valence-electron chi connectivity index (χ2n) is 9.98. The summed E-state index contributed by atoms with van der Waals surface area (Å²) in [4.78, 5) is 45.9. The number of amides is 2. The number of nitrogens with zero attached hydrogens (tertiary/aromatic N) is 2. The summed E-state index contributed by atoms with van der Waals surface area (Å²) in [6.45, 7) is 1.18. The quantitative estimate of drug-likeness (QED) is 0.369. The fourth-order valence-electron chi connectivity index (χ4n) is 5.23. The number of benzene rings is 3. The molecule has 2 N–H and O–H groups in total. The van der Waals surface area contributed by atoms with E-state index < -0.39 is 17.4 Å². The van der Waals surface area contributed by atoms with Gasteiger partial charge < -0.3 is 24.7 Å². The van der Waals surface area contributed by atoms with Crippen LogP contribution in [0.15, 0.2) is 77.9 Å². The zero-order valence-electron chi connectivity index (χ0n) is 22.1. The van der Waals surface area contributed by atoms with Crippen LogP contribution in [-0.4, -0.2) is 46.4 Å². The van der Waals surface area contributed by atoms with Crippen molar-refractivity contribution >= 4 is 11.8 Å². The Morgan fingerprint density at radius 1 is 1.05 bits per heavy atom. The van der Waals surface area contributed by atoms with Gasteiger partial charge >= 0.3 is 0 Å². The lowest BCUT2D eigenvalue weighted by molar-refractivity contribution is -0.120. The van der Waals surface area contributed by atoms with Gasteiger partial charge in [0.1, 0.15) is 17.2 Å². The Hall–Kier alpha value is -4.99. The molecule has 2 amide bonds. The van der Waals surface area contributed by atoms with Gasteiger partial charge in [-0.1, -0.05) is 24.3 Å². The van der Waals surface area contributed by atoms with Gasteiger partial charge in [0.2, 0.25) is 5.91 Å². The summed E-state index contributed by atoms with van der Waals surface area (Å²) >= 11 is 0. The highest BCUT2D eigenvalue weighted by atomic mass is 19.1. The van der Waals surface area contributed by atoms with Crippen molar-refractivity contribution < 1.29 is 23.5 Å². The largest absolute Gasteiger partial charge is 0.494 e. The zero-order valence-corrected chi connectivity index (χ0v) is 22.1. The van der Waals surface area contributed by atoms with Gasteiger partial charge in [-0.15, -0.1) is 0 Å². The fraction of sp³-hybridized carbons (Fsp3) is 0.226. The average Bonchev–Trinajstić information content (AvgIpc) is 2.98. The smallest absolute Gasteiger partial charge is 0.274 e. The molecule has 1 atom stereocenters. The summed E-state index contributed by atoms with van der Waals surface area (Å²) in [6.07, 6.45) is 3.62. The van der Waals surface area contributed by atoms with Crippen LogP contribution < -0.4 is 20.3 Å². The molecule has 4 aromatic rings. The van der Waals surface area contributed by atoms with Crippen molar-refractivity contribution in [2.75, 3.05) is 19.7 Å². The van der Waals surface area contributed by atoms with Gasteiger partial charge in [0, 0.05) is 19.3 Å². The van der Waals surface area contributed by atoms with Crippen LogP contribution in [0.25, 0.3) is 0 Å². The molecule has 4 heterocycles. The molecule has 8 bridgehead atoms. The number of carbonyl (C=O) groups is 2. The lowest BCUT2D eigenvalue weighted by atomic mass is 9.87. The van der Waals surface area contributed by atoms with E-state index in [1.807, 2.05) is 36.4 Å². The highest BCUT2D eigenvalue weighted by Crippen LogP contribution is 2.39. The first-order chi connectivity index (χ1) is 19.9. The van der Waals surface area contributed by atoms with Gasteiger partial charge in [0.05, 0.1) is 25.3 Å². The highest BCUT2D eigenvalue weighted by Gasteiger charge is 2.34. The molecule has 7 rings (SSSR count). The van der Waals surface area contributed by atoms with Gasteiger partial charge in [0.15, 0.2) is 11.6 Å². The van der Waals surface area contributed by atoms with E-state index in [0.717, 1.165) is 22.9 Å². The molecule has 1 unspecified atom stereocenters. The molecule has 9 nitrogen and oxygen atoms in total. The number of hydrogen-bond donors (Lipinski definition) is 2. The fourth-order valence-corrected chi connectivity index (χ4v) is 5.23. The van der Waals surface area contributed by atoms with E-state index in [2.05, 4.69) is 15.3 Å². The van der Waals surface area contributed by atoms with Gasteiger partial charge in [-0.3, -0.25) is 14.4 Å². The number of nitrogens with one attached hydrogen (secondary N) is 2. The van der Waals surface area contributed by atoms with Crippen molar-refractivity contribution in [1.82, 2.24) is 20.2 Å². The van der Waals surface area contributed by atoms with Crippen LogP contribution in [0, 0.1) is 5.82 Å². The summed E-state index contributed by atoms with van der Waals surface area (Å²) in [6, 6.07) is 17.0. The first-order valence-electron chi connectivity index (χ1n) is 13.4. The number of fused-ring (bicyclic) bond motifs is 7. The Balaban J connectivity index is 1.42. The molecule has 10 heteroatoms. The summed E-state index contributed by atoms with van der Waals surface area (Å²) in [5.41, 5.74) is 3.04. The minimum atomic E-state index is -0.533. The van der Waals surface area contributed by atoms with E-state index in [1.54, 1.807) is 17.0 Å².